The van der Waals surface area contributed by atoms with E-state index in [1.807, 2.05) is 11.5 Å². The molecular formula is C16H14ClN3OS. The van der Waals surface area contributed by atoms with Crippen molar-refractivity contribution < 1.29 is 4.74 Å². The Morgan fingerprint density at radius 3 is 2.73 bits per heavy atom. The van der Waals surface area contributed by atoms with E-state index in [4.69, 9.17) is 16.3 Å². The third kappa shape index (κ3) is 4.72. The molecule has 0 aliphatic carbocycles. The fourth-order valence-corrected chi connectivity index (χ4v) is 2.29. The molecule has 0 amide bonds. The van der Waals surface area contributed by atoms with Crippen LogP contribution in [-0.4, -0.2) is 24.3 Å². The molecule has 1 heterocycles. The van der Waals surface area contributed by atoms with Crippen molar-refractivity contribution in [3.8, 4) is 11.6 Å². The largest absolute Gasteiger partial charge is 0.439 e. The Morgan fingerprint density at radius 2 is 2.05 bits per heavy atom. The van der Waals surface area contributed by atoms with E-state index in [1.165, 1.54) is 11.8 Å². The van der Waals surface area contributed by atoms with Crippen LogP contribution in [0.5, 0.6) is 11.6 Å². The lowest BCUT2D eigenvalue weighted by Gasteiger charge is -2.07. The fraction of sp³-hybridized carbons (Fsp3) is 0.0625. The smallest absolute Gasteiger partial charge is 0.219 e. The van der Waals surface area contributed by atoms with E-state index in [9.17, 15) is 0 Å². The van der Waals surface area contributed by atoms with Gasteiger partial charge in [0.25, 0.3) is 0 Å². The Hall–Kier alpha value is -2.11. The summed E-state index contributed by atoms with van der Waals surface area (Å²) in [6.45, 7) is 7.02. The van der Waals surface area contributed by atoms with Crippen LogP contribution in [0.3, 0.4) is 0 Å². The minimum absolute atomic E-state index is 0.473. The first-order valence-corrected chi connectivity index (χ1v) is 7.76. The number of benzene rings is 1. The number of rotatable bonds is 7. The van der Waals surface area contributed by atoms with E-state index >= 15 is 0 Å². The molecule has 2 aromatic rings. The van der Waals surface area contributed by atoms with Crippen molar-refractivity contribution in [1.29, 1.82) is 0 Å². The van der Waals surface area contributed by atoms with Gasteiger partial charge in [-0.3, -0.25) is 9.98 Å². The average Bonchev–Trinajstić information content (AvgIpc) is 2.54. The van der Waals surface area contributed by atoms with Crippen molar-refractivity contribution in [2.75, 3.05) is 5.88 Å². The van der Waals surface area contributed by atoms with Crippen molar-refractivity contribution in [1.82, 2.24) is 4.98 Å². The highest BCUT2D eigenvalue weighted by molar-refractivity contribution is 8.02. The lowest BCUT2D eigenvalue weighted by molar-refractivity contribution is 0.463. The molecule has 0 fully saturated rings. The Morgan fingerprint density at radius 1 is 1.27 bits per heavy atom. The highest BCUT2D eigenvalue weighted by Gasteiger charge is 2.04. The van der Waals surface area contributed by atoms with Gasteiger partial charge >= 0.3 is 0 Å². The molecule has 0 aliphatic rings. The fourth-order valence-electron chi connectivity index (χ4n) is 1.61. The summed E-state index contributed by atoms with van der Waals surface area (Å²) in [5.41, 5.74) is 1.60. The summed E-state index contributed by atoms with van der Waals surface area (Å²) < 4.78 is 5.70. The van der Waals surface area contributed by atoms with E-state index in [-0.39, 0.29) is 0 Å². The quantitative estimate of drug-likeness (QED) is 0.534. The minimum Gasteiger partial charge on any atom is -0.439 e. The molecule has 4 nitrogen and oxygen atoms in total. The first-order valence-electron chi connectivity index (χ1n) is 6.34. The number of thioether (sulfide) groups is 1. The van der Waals surface area contributed by atoms with Gasteiger partial charge in [-0.1, -0.05) is 11.6 Å². The molecule has 0 aliphatic heterocycles. The SMILES string of the molecule is C=NCS/C=C(\N=C)c1ccnc(Oc2ccc(Cl)cc2)c1. The lowest BCUT2D eigenvalue weighted by atomic mass is 10.2. The molecule has 0 radical (unpaired) electrons. The molecule has 1 aromatic heterocycles. The zero-order valence-corrected chi connectivity index (χ0v) is 13.3. The van der Waals surface area contributed by atoms with Gasteiger partial charge in [-0.2, -0.15) is 0 Å². The van der Waals surface area contributed by atoms with E-state index < -0.39 is 0 Å². The van der Waals surface area contributed by atoms with E-state index in [0.29, 0.717) is 22.5 Å². The maximum Gasteiger partial charge on any atom is 0.219 e. The molecule has 0 unspecified atom stereocenters. The Labute approximate surface area is 138 Å². The molecule has 0 N–H and O–H groups in total. The molecule has 2 rings (SSSR count). The molecular weight excluding hydrogens is 318 g/mol. The van der Waals surface area contributed by atoms with Crippen molar-refractivity contribution in [2.24, 2.45) is 9.98 Å². The van der Waals surface area contributed by atoms with Gasteiger partial charge in [0.1, 0.15) is 5.75 Å². The molecule has 112 valence electrons. The number of aromatic nitrogens is 1. The number of aliphatic imine (C=N–C) groups is 2. The van der Waals surface area contributed by atoms with Crippen LogP contribution in [-0.2, 0) is 0 Å². The number of nitrogens with zero attached hydrogens (tertiary/aromatic N) is 3. The molecule has 0 spiro atoms. The summed E-state index contributed by atoms with van der Waals surface area (Å²) >= 11 is 7.34. The van der Waals surface area contributed by atoms with Crippen molar-refractivity contribution in [3.63, 3.8) is 0 Å². The number of hydrogen-bond donors (Lipinski definition) is 0. The minimum atomic E-state index is 0.473. The van der Waals surface area contributed by atoms with E-state index in [1.54, 1.807) is 36.5 Å². The molecule has 1 aromatic carbocycles. The second kappa shape index (κ2) is 8.36. The van der Waals surface area contributed by atoms with Crippen LogP contribution < -0.4 is 4.74 Å². The Balaban J connectivity index is 2.18. The van der Waals surface area contributed by atoms with Crippen LogP contribution in [0.1, 0.15) is 5.56 Å². The highest BCUT2D eigenvalue weighted by Crippen LogP contribution is 2.25. The van der Waals surface area contributed by atoms with Crippen LogP contribution in [0.4, 0.5) is 0 Å². The van der Waals surface area contributed by atoms with Gasteiger partial charge in [-0.25, -0.2) is 4.98 Å². The van der Waals surface area contributed by atoms with E-state index in [0.717, 1.165) is 11.3 Å². The van der Waals surface area contributed by atoms with Gasteiger partial charge in [-0.15, -0.1) is 11.8 Å². The van der Waals surface area contributed by atoms with Gasteiger partial charge in [-0.05, 0) is 49.2 Å². The lowest BCUT2D eigenvalue weighted by Crippen LogP contribution is -1.90. The predicted octanol–water partition coefficient (Wildman–Crippen LogP) is 4.92. The summed E-state index contributed by atoms with van der Waals surface area (Å²) in [6, 6.07) is 10.7. The second-order valence-corrected chi connectivity index (χ2v) is 5.38. The number of pyridine rings is 1. The zero-order chi connectivity index (χ0) is 15.8. The van der Waals surface area contributed by atoms with Crippen molar-refractivity contribution >= 4 is 42.5 Å². The molecule has 0 bridgehead atoms. The summed E-state index contributed by atoms with van der Waals surface area (Å²) in [5.74, 6) is 1.70. The second-order valence-electron chi connectivity index (χ2n) is 4.12. The van der Waals surface area contributed by atoms with Crippen LogP contribution in [0, 0.1) is 0 Å². The third-order valence-electron chi connectivity index (χ3n) is 2.60. The topological polar surface area (TPSA) is 46.8 Å². The molecule has 0 saturated carbocycles. The molecule has 6 heteroatoms. The third-order valence-corrected chi connectivity index (χ3v) is 3.57. The number of hydrogen-bond acceptors (Lipinski definition) is 5. The Kier molecular flexibility index (Phi) is 6.18. The summed E-state index contributed by atoms with van der Waals surface area (Å²) in [7, 11) is 0. The normalized spacial score (nSPS) is 11.0. The average molecular weight is 332 g/mol. The number of ether oxygens (including phenoxy) is 1. The molecule has 0 atom stereocenters. The van der Waals surface area contributed by atoms with Gasteiger partial charge in [0, 0.05) is 22.8 Å². The maximum absolute atomic E-state index is 5.85. The summed E-state index contributed by atoms with van der Waals surface area (Å²) in [6.07, 6.45) is 1.66. The monoisotopic (exact) mass is 331 g/mol. The first kappa shape index (κ1) is 16.3. The first-order chi connectivity index (χ1) is 10.7. The van der Waals surface area contributed by atoms with Crippen LogP contribution in [0.2, 0.25) is 5.02 Å². The van der Waals surface area contributed by atoms with Crippen LogP contribution in [0.25, 0.3) is 5.70 Å². The molecule has 22 heavy (non-hydrogen) atoms. The van der Waals surface area contributed by atoms with Crippen molar-refractivity contribution in [3.05, 3.63) is 58.6 Å². The van der Waals surface area contributed by atoms with E-state index in [2.05, 4.69) is 28.4 Å². The van der Waals surface area contributed by atoms with Crippen LogP contribution in [0.15, 0.2) is 58.0 Å². The van der Waals surface area contributed by atoms with Gasteiger partial charge < -0.3 is 4.74 Å². The standard InChI is InChI=1S/C16H14ClN3OS/c1-18-11-22-10-15(19-2)12-7-8-20-16(9-12)21-14-5-3-13(17)4-6-14/h3-10H,1-2,11H2/b15-10-. The van der Waals surface area contributed by atoms with Gasteiger partial charge in [0.2, 0.25) is 5.88 Å². The maximum atomic E-state index is 5.85. The highest BCUT2D eigenvalue weighted by atomic mass is 35.5. The predicted molar refractivity (Wildman–Crippen MR) is 95.3 cm³/mol. The number of halogens is 1. The summed E-state index contributed by atoms with van der Waals surface area (Å²) in [4.78, 5) is 12.0. The van der Waals surface area contributed by atoms with Crippen molar-refractivity contribution in [2.45, 2.75) is 0 Å². The zero-order valence-electron chi connectivity index (χ0n) is 11.8. The van der Waals surface area contributed by atoms with Gasteiger partial charge in [0.15, 0.2) is 0 Å². The summed E-state index contributed by atoms with van der Waals surface area (Å²) in [5, 5.41) is 2.53. The Bertz CT molecular complexity index is 686. The van der Waals surface area contributed by atoms with Gasteiger partial charge in [0.05, 0.1) is 11.6 Å². The van der Waals surface area contributed by atoms with Crippen LogP contribution >= 0.6 is 23.4 Å². The molecule has 0 saturated heterocycles.